The van der Waals surface area contributed by atoms with Crippen LogP contribution in [0.1, 0.15) is 28.7 Å². The van der Waals surface area contributed by atoms with Gasteiger partial charge in [0.2, 0.25) is 5.95 Å². The van der Waals surface area contributed by atoms with Gasteiger partial charge in [0, 0.05) is 50.8 Å². The van der Waals surface area contributed by atoms with E-state index in [1.165, 1.54) is 0 Å². The SMILES string of the molecule is Cc1cn(-c2nc(Nc3cc(C)c(OCC(=O)N4CCOCC4)c(C)c3)ncc2F)cc1CN1CCC(O)C1. The number of aryl methyl sites for hydroxylation is 3. The van der Waals surface area contributed by atoms with Crippen LogP contribution in [0.2, 0.25) is 0 Å². The Kier molecular flexibility index (Phi) is 8.10. The molecule has 1 unspecified atom stereocenters. The molecule has 2 saturated heterocycles. The first kappa shape index (κ1) is 27.0. The van der Waals surface area contributed by atoms with Gasteiger partial charge in [0.15, 0.2) is 18.2 Å². The van der Waals surface area contributed by atoms with Crippen LogP contribution in [0.3, 0.4) is 0 Å². The molecule has 1 atom stereocenters. The number of carbonyl (C=O) groups is 1. The van der Waals surface area contributed by atoms with Crippen LogP contribution in [0.4, 0.5) is 16.0 Å². The molecule has 10 nitrogen and oxygen atoms in total. The summed E-state index contributed by atoms with van der Waals surface area (Å²) in [7, 11) is 0. The lowest BCUT2D eigenvalue weighted by Crippen LogP contribution is -2.43. The minimum absolute atomic E-state index is 0.0322. The maximum Gasteiger partial charge on any atom is 0.260 e. The van der Waals surface area contributed by atoms with Crippen molar-refractivity contribution in [2.45, 2.75) is 39.8 Å². The molecule has 0 spiro atoms. The van der Waals surface area contributed by atoms with Crippen LogP contribution in [0.5, 0.6) is 5.75 Å². The molecule has 2 aliphatic rings. The van der Waals surface area contributed by atoms with Crippen molar-refractivity contribution in [2.75, 3.05) is 51.3 Å². The zero-order chi connectivity index (χ0) is 27.5. The number of carbonyl (C=O) groups excluding carboxylic acids is 1. The number of hydrogen-bond acceptors (Lipinski definition) is 8. The second kappa shape index (κ2) is 11.7. The summed E-state index contributed by atoms with van der Waals surface area (Å²) in [6.45, 7) is 10.2. The van der Waals surface area contributed by atoms with Crippen molar-refractivity contribution in [3.05, 3.63) is 58.8 Å². The van der Waals surface area contributed by atoms with E-state index in [2.05, 4.69) is 20.2 Å². The number of nitrogens with zero attached hydrogens (tertiary/aromatic N) is 5. The number of aliphatic hydroxyl groups is 1. The molecular formula is C28H35FN6O4. The fourth-order valence-corrected chi connectivity index (χ4v) is 5.10. The summed E-state index contributed by atoms with van der Waals surface area (Å²) in [5.41, 5.74) is 4.52. The Hall–Kier alpha value is -3.54. The molecule has 4 heterocycles. The molecule has 2 fully saturated rings. The highest BCUT2D eigenvalue weighted by Crippen LogP contribution is 2.29. The standard InChI is InChI=1S/C28H35FN6O4/c1-18-10-22(11-19(2)26(18)39-17-25(37)34-6-8-38-9-7-34)31-28-30-12-24(29)27(32-28)35-13-20(3)21(15-35)14-33-5-4-23(36)16-33/h10-13,15,23,36H,4-9,14,16-17H2,1-3H3,(H,30,31,32). The van der Waals surface area contributed by atoms with Gasteiger partial charge in [-0.05, 0) is 61.6 Å². The highest BCUT2D eigenvalue weighted by molar-refractivity contribution is 5.78. The molecule has 2 N–H and O–H groups in total. The van der Waals surface area contributed by atoms with E-state index in [-0.39, 0.29) is 30.4 Å². The van der Waals surface area contributed by atoms with Gasteiger partial charge in [-0.15, -0.1) is 0 Å². The first-order valence-electron chi connectivity index (χ1n) is 13.2. The lowest BCUT2D eigenvalue weighted by Gasteiger charge is -2.27. The van der Waals surface area contributed by atoms with Gasteiger partial charge in [0.1, 0.15) is 5.75 Å². The summed E-state index contributed by atoms with van der Waals surface area (Å²) >= 11 is 0. The maximum absolute atomic E-state index is 14.8. The second-order valence-electron chi connectivity index (χ2n) is 10.3. The number of benzene rings is 1. The van der Waals surface area contributed by atoms with E-state index >= 15 is 0 Å². The fraction of sp³-hybridized carbons (Fsp3) is 0.464. The molecule has 208 valence electrons. The number of halogens is 1. The van der Waals surface area contributed by atoms with Crippen LogP contribution < -0.4 is 10.1 Å². The molecule has 5 rings (SSSR count). The third-order valence-corrected chi connectivity index (χ3v) is 7.17. The number of amides is 1. The van der Waals surface area contributed by atoms with Crippen LogP contribution >= 0.6 is 0 Å². The maximum atomic E-state index is 14.8. The van der Waals surface area contributed by atoms with Crippen molar-refractivity contribution in [3.8, 4) is 11.6 Å². The monoisotopic (exact) mass is 538 g/mol. The predicted octanol–water partition coefficient (Wildman–Crippen LogP) is 2.88. The van der Waals surface area contributed by atoms with Gasteiger partial charge < -0.3 is 29.4 Å². The minimum atomic E-state index is -0.528. The summed E-state index contributed by atoms with van der Waals surface area (Å²) in [6.07, 6.45) is 5.38. The van der Waals surface area contributed by atoms with Crippen molar-refractivity contribution >= 4 is 17.5 Å². The van der Waals surface area contributed by atoms with Gasteiger partial charge in [0.25, 0.3) is 5.91 Å². The van der Waals surface area contributed by atoms with Gasteiger partial charge >= 0.3 is 0 Å². The Morgan fingerprint density at radius 1 is 1.15 bits per heavy atom. The average molecular weight is 539 g/mol. The highest BCUT2D eigenvalue weighted by atomic mass is 19.1. The molecule has 3 aromatic rings. The molecule has 0 bridgehead atoms. The number of nitrogens with one attached hydrogen (secondary N) is 1. The lowest BCUT2D eigenvalue weighted by atomic mass is 10.1. The number of likely N-dealkylation sites (tertiary alicyclic amines) is 1. The van der Waals surface area contributed by atoms with Gasteiger partial charge in [-0.25, -0.2) is 9.37 Å². The van der Waals surface area contributed by atoms with E-state index in [0.29, 0.717) is 45.1 Å². The Balaban J connectivity index is 1.27. The number of ether oxygens (including phenoxy) is 2. The van der Waals surface area contributed by atoms with Crippen molar-refractivity contribution < 1.29 is 23.8 Å². The third-order valence-electron chi connectivity index (χ3n) is 7.17. The zero-order valence-electron chi connectivity index (χ0n) is 22.6. The third kappa shape index (κ3) is 6.38. The normalized spacial score (nSPS) is 18.0. The molecular weight excluding hydrogens is 503 g/mol. The number of anilines is 2. The summed E-state index contributed by atoms with van der Waals surface area (Å²) in [5, 5.41) is 13.0. The van der Waals surface area contributed by atoms with Gasteiger partial charge in [-0.1, -0.05) is 0 Å². The van der Waals surface area contributed by atoms with Crippen molar-refractivity contribution in [2.24, 2.45) is 0 Å². The molecule has 2 aliphatic heterocycles. The van der Waals surface area contributed by atoms with Crippen LogP contribution in [0, 0.1) is 26.6 Å². The highest BCUT2D eigenvalue weighted by Gasteiger charge is 2.22. The Morgan fingerprint density at radius 3 is 2.59 bits per heavy atom. The molecule has 2 aromatic heterocycles. The summed E-state index contributed by atoms with van der Waals surface area (Å²) in [6, 6.07) is 3.77. The summed E-state index contributed by atoms with van der Waals surface area (Å²) in [4.78, 5) is 25.0. The van der Waals surface area contributed by atoms with Gasteiger partial charge in [-0.3, -0.25) is 9.69 Å². The Morgan fingerprint density at radius 2 is 1.90 bits per heavy atom. The molecule has 0 aliphatic carbocycles. The van der Waals surface area contributed by atoms with Crippen LogP contribution in [-0.2, 0) is 16.1 Å². The second-order valence-corrected chi connectivity index (χ2v) is 10.3. The first-order chi connectivity index (χ1) is 18.8. The van der Waals surface area contributed by atoms with Gasteiger partial charge in [0.05, 0.1) is 25.5 Å². The van der Waals surface area contributed by atoms with E-state index in [9.17, 15) is 14.3 Å². The van der Waals surface area contributed by atoms with Crippen molar-refractivity contribution in [1.29, 1.82) is 0 Å². The molecule has 0 saturated carbocycles. The topological polar surface area (TPSA) is 105 Å². The van der Waals surface area contributed by atoms with Crippen LogP contribution in [0.25, 0.3) is 5.82 Å². The largest absolute Gasteiger partial charge is 0.483 e. The van der Waals surface area contributed by atoms with E-state index in [1.54, 1.807) is 9.47 Å². The van der Waals surface area contributed by atoms with E-state index < -0.39 is 5.82 Å². The first-order valence-corrected chi connectivity index (χ1v) is 13.2. The van der Waals surface area contributed by atoms with E-state index in [4.69, 9.17) is 9.47 Å². The van der Waals surface area contributed by atoms with Crippen LogP contribution in [-0.4, -0.2) is 87.5 Å². The molecule has 39 heavy (non-hydrogen) atoms. The molecule has 11 heteroatoms. The lowest BCUT2D eigenvalue weighted by molar-refractivity contribution is -0.137. The quantitative estimate of drug-likeness (QED) is 0.451. The van der Waals surface area contributed by atoms with Gasteiger partial charge in [-0.2, -0.15) is 4.98 Å². The Labute approximate surface area is 227 Å². The predicted molar refractivity (Wildman–Crippen MR) is 144 cm³/mol. The number of aromatic nitrogens is 3. The smallest absolute Gasteiger partial charge is 0.260 e. The minimum Gasteiger partial charge on any atom is -0.483 e. The fourth-order valence-electron chi connectivity index (χ4n) is 5.10. The zero-order valence-corrected chi connectivity index (χ0v) is 22.6. The number of β-amino-alcohol motifs (C(OH)–C–C–N with tert-alkyl or cyclic N) is 1. The van der Waals surface area contributed by atoms with E-state index in [1.807, 2.05) is 45.3 Å². The average Bonchev–Trinajstić information content (AvgIpc) is 3.49. The summed E-state index contributed by atoms with van der Waals surface area (Å²) < 4.78 is 27.7. The molecule has 1 aromatic carbocycles. The molecule has 0 radical (unpaired) electrons. The van der Waals surface area contributed by atoms with Crippen molar-refractivity contribution in [3.63, 3.8) is 0 Å². The molecule has 1 amide bonds. The Bertz CT molecular complexity index is 1320. The number of hydrogen-bond donors (Lipinski definition) is 2. The van der Waals surface area contributed by atoms with E-state index in [0.717, 1.165) is 47.1 Å². The van der Waals surface area contributed by atoms with Crippen LogP contribution in [0.15, 0.2) is 30.7 Å². The number of rotatable bonds is 8. The van der Waals surface area contributed by atoms with Crippen molar-refractivity contribution in [1.82, 2.24) is 24.3 Å². The summed E-state index contributed by atoms with van der Waals surface area (Å²) in [5.74, 6) is 0.478. The number of morpholine rings is 1. The number of aliphatic hydroxyl groups excluding tert-OH is 1.